The van der Waals surface area contributed by atoms with E-state index in [0.717, 1.165) is 6.07 Å². The normalized spacial score (nSPS) is 14.9. The van der Waals surface area contributed by atoms with E-state index in [2.05, 4.69) is 5.32 Å². The number of morpholine rings is 1. The van der Waals surface area contributed by atoms with Crippen molar-refractivity contribution < 1.29 is 27.6 Å². The number of methoxy groups -OCH3 is 1. The molecule has 2 aromatic rings. The third-order valence-corrected chi connectivity index (χ3v) is 6.23. The van der Waals surface area contributed by atoms with Crippen molar-refractivity contribution in [2.75, 3.05) is 38.7 Å². The third-order valence-electron chi connectivity index (χ3n) is 4.34. The number of amides is 1. The van der Waals surface area contributed by atoms with Crippen molar-refractivity contribution in [1.29, 1.82) is 0 Å². The number of hydrogen-bond donors (Lipinski definition) is 1. The van der Waals surface area contributed by atoms with Crippen molar-refractivity contribution in [2.24, 2.45) is 0 Å². The third kappa shape index (κ3) is 4.53. The van der Waals surface area contributed by atoms with Gasteiger partial charge in [-0.15, -0.1) is 0 Å². The van der Waals surface area contributed by atoms with Crippen LogP contribution in [0.2, 0.25) is 0 Å². The van der Waals surface area contributed by atoms with Crippen LogP contribution in [0, 0.1) is 10.1 Å². The van der Waals surface area contributed by atoms with Crippen LogP contribution in [0.1, 0.15) is 10.4 Å². The van der Waals surface area contributed by atoms with Gasteiger partial charge >= 0.3 is 5.69 Å². The largest absolute Gasteiger partial charge is 0.490 e. The van der Waals surface area contributed by atoms with Gasteiger partial charge in [-0.3, -0.25) is 14.9 Å². The first kappa shape index (κ1) is 20.7. The molecular weight excluding hydrogens is 402 g/mol. The van der Waals surface area contributed by atoms with Gasteiger partial charge in [-0.05, 0) is 30.3 Å². The maximum absolute atomic E-state index is 12.8. The summed E-state index contributed by atoms with van der Waals surface area (Å²) in [6, 6.07) is 9.65. The van der Waals surface area contributed by atoms with E-state index in [0.29, 0.717) is 13.2 Å². The Morgan fingerprint density at radius 1 is 1.21 bits per heavy atom. The van der Waals surface area contributed by atoms with Gasteiger partial charge in [0.1, 0.15) is 0 Å². The summed E-state index contributed by atoms with van der Waals surface area (Å²) in [5.41, 5.74) is -0.0504. The molecule has 1 heterocycles. The monoisotopic (exact) mass is 421 g/mol. The lowest BCUT2D eigenvalue weighted by Crippen LogP contribution is -2.40. The molecule has 2 aromatic carbocycles. The van der Waals surface area contributed by atoms with Crippen LogP contribution in [0.3, 0.4) is 0 Å². The van der Waals surface area contributed by atoms with Crippen LogP contribution < -0.4 is 10.1 Å². The average molecular weight is 421 g/mol. The minimum Gasteiger partial charge on any atom is -0.490 e. The molecule has 10 nitrogen and oxygen atoms in total. The van der Waals surface area contributed by atoms with E-state index in [4.69, 9.17) is 9.47 Å². The Kier molecular flexibility index (Phi) is 6.11. The van der Waals surface area contributed by atoms with Gasteiger partial charge in [-0.1, -0.05) is 6.07 Å². The average Bonchev–Trinajstić information content (AvgIpc) is 2.74. The van der Waals surface area contributed by atoms with E-state index in [1.165, 1.54) is 47.8 Å². The number of sulfonamides is 1. The number of nitrogens with one attached hydrogen (secondary N) is 1. The van der Waals surface area contributed by atoms with Gasteiger partial charge in [0.05, 0.1) is 30.1 Å². The smallest absolute Gasteiger partial charge is 0.311 e. The molecule has 0 atom stereocenters. The zero-order valence-electron chi connectivity index (χ0n) is 15.5. The fourth-order valence-corrected chi connectivity index (χ4v) is 4.30. The van der Waals surface area contributed by atoms with Crippen LogP contribution in [0.4, 0.5) is 11.4 Å². The first-order valence-corrected chi connectivity index (χ1v) is 10.1. The van der Waals surface area contributed by atoms with Gasteiger partial charge < -0.3 is 14.8 Å². The van der Waals surface area contributed by atoms with Gasteiger partial charge in [-0.2, -0.15) is 4.31 Å². The molecule has 0 bridgehead atoms. The van der Waals surface area contributed by atoms with Gasteiger partial charge in [0.15, 0.2) is 5.75 Å². The predicted octanol–water partition coefficient (Wildman–Crippen LogP) is 1.88. The highest BCUT2D eigenvalue weighted by atomic mass is 32.2. The SMILES string of the molecule is COc1ccc(C(=O)Nc2cccc(S(=O)(=O)N3CCOCC3)c2)cc1[N+](=O)[O-]. The molecule has 0 aromatic heterocycles. The Morgan fingerprint density at radius 2 is 1.93 bits per heavy atom. The number of anilines is 1. The number of benzene rings is 2. The zero-order valence-corrected chi connectivity index (χ0v) is 16.3. The maximum atomic E-state index is 12.8. The lowest BCUT2D eigenvalue weighted by Gasteiger charge is -2.26. The van der Waals surface area contributed by atoms with Gasteiger partial charge in [0.25, 0.3) is 5.91 Å². The Balaban J connectivity index is 1.82. The second-order valence-corrected chi connectivity index (χ2v) is 8.08. The van der Waals surface area contributed by atoms with Gasteiger partial charge in [0, 0.05) is 30.4 Å². The van der Waals surface area contributed by atoms with Crippen molar-refractivity contribution >= 4 is 27.3 Å². The van der Waals surface area contributed by atoms with E-state index in [1.54, 1.807) is 0 Å². The molecule has 0 unspecified atom stereocenters. The molecule has 1 fully saturated rings. The highest BCUT2D eigenvalue weighted by Gasteiger charge is 2.26. The minimum atomic E-state index is -3.72. The van der Waals surface area contributed by atoms with Crippen LogP contribution >= 0.6 is 0 Å². The van der Waals surface area contributed by atoms with Crippen molar-refractivity contribution in [3.8, 4) is 5.75 Å². The first-order chi connectivity index (χ1) is 13.8. The second-order valence-electron chi connectivity index (χ2n) is 6.14. The number of rotatable bonds is 6. The van der Waals surface area contributed by atoms with Crippen LogP contribution in [-0.4, -0.2) is 57.0 Å². The molecule has 1 amide bonds. The van der Waals surface area contributed by atoms with E-state index in [1.807, 2.05) is 0 Å². The van der Waals surface area contributed by atoms with Gasteiger partial charge in [0.2, 0.25) is 10.0 Å². The van der Waals surface area contributed by atoms with Gasteiger partial charge in [-0.25, -0.2) is 8.42 Å². The summed E-state index contributed by atoms with van der Waals surface area (Å²) in [4.78, 5) is 23.0. The molecular formula is C18H19N3O7S. The highest BCUT2D eigenvalue weighted by molar-refractivity contribution is 7.89. The van der Waals surface area contributed by atoms with Crippen molar-refractivity contribution in [1.82, 2.24) is 4.31 Å². The Morgan fingerprint density at radius 3 is 2.59 bits per heavy atom. The van der Waals surface area contributed by atoms with Crippen LogP contribution in [0.5, 0.6) is 5.75 Å². The zero-order chi connectivity index (χ0) is 21.0. The minimum absolute atomic E-state index is 0.0325. The molecule has 3 rings (SSSR count). The van der Waals surface area contributed by atoms with E-state index in [-0.39, 0.29) is 40.7 Å². The molecule has 1 saturated heterocycles. The summed E-state index contributed by atoms with van der Waals surface area (Å²) in [6.45, 7) is 1.17. The standard InChI is InChI=1S/C18H19N3O7S/c1-27-17-6-5-13(11-16(17)21(23)24)18(22)19-14-3-2-4-15(12-14)29(25,26)20-7-9-28-10-8-20/h2-6,11-12H,7-10H2,1H3,(H,19,22). The first-order valence-electron chi connectivity index (χ1n) is 8.64. The summed E-state index contributed by atoms with van der Waals surface area (Å²) in [6.07, 6.45) is 0. The molecule has 1 N–H and O–H groups in total. The van der Waals surface area contributed by atoms with E-state index < -0.39 is 20.9 Å². The molecule has 0 spiro atoms. The molecule has 11 heteroatoms. The number of nitro groups is 1. The number of nitrogens with zero attached hydrogens (tertiary/aromatic N) is 2. The highest BCUT2D eigenvalue weighted by Crippen LogP contribution is 2.28. The number of carbonyl (C=O) groups excluding carboxylic acids is 1. The second kappa shape index (κ2) is 8.55. The van der Waals surface area contributed by atoms with Crippen LogP contribution in [0.15, 0.2) is 47.4 Å². The maximum Gasteiger partial charge on any atom is 0.311 e. The van der Waals surface area contributed by atoms with Crippen molar-refractivity contribution in [2.45, 2.75) is 4.90 Å². The summed E-state index contributed by atoms with van der Waals surface area (Å²) < 4.78 is 36.9. The summed E-state index contributed by atoms with van der Waals surface area (Å²) in [5.74, 6) is -0.582. The Labute approximate surface area is 167 Å². The molecule has 0 aliphatic carbocycles. The summed E-state index contributed by atoms with van der Waals surface area (Å²) in [7, 11) is -2.42. The predicted molar refractivity (Wildman–Crippen MR) is 104 cm³/mol. The number of hydrogen-bond acceptors (Lipinski definition) is 7. The molecule has 29 heavy (non-hydrogen) atoms. The fraction of sp³-hybridized carbons (Fsp3) is 0.278. The quantitative estimate of drug-likeness (QED) is 0.557. The lowest BCUT2D eigenvalue weighted by molar-refractivity contribution is -0.385. The summed E-state index contributed by atoms with van der Waals surface area (Å²) >= 11 is 0. The summed E-state index contributed by atoms with van der Waals surface area (Å²) in [5, 5.41) is 13.7. The molecule has 1 aliphatic rings. The lowest BCUT2D eigenvalue weighted by atomic mass is 10.1. The van der Waals surface area contributed by atoms with Crippen LogP contribution in [0.25, 0.3) is 0 Å². The number of nitro benzene ring substituents is 1. The molecule has 0 radical (unpaired) electrons. The number of ether oxygens (including phenoxy) is 2. The molecule has 1 aliphatic heterocycles. The molecule has 0 saturated carbocycles. The van der Waals surface area contributed by atoms with Crippen molar-refractivity contribution in [3.05, 3.63) is 58.1 Å². The molecule has 154 valence electrons. The van der Waals surface area contributed by atoms with Crippen LogP contribution in [-0.2, 0) is 14.8 Å². The van der Waals surface area contributed by atoms with E-state index in [9.17, 15) is 23.3 Å². The van der Waals surface area contributed by atoms with Crippen molar-refractivity contribution in [3.63, 3.8) is 0 Å². The Hall–Kier alpha value is -3.02. The fourth-order valence-electron chi connectivity index (χ4n) is 2.85. The Bertz CT molecular complexity index is 1030. The number of carbonyl (C=O) groups is 1. The topological polar surface area (TPSA) is 128 Å². The van der Waals surface area contributed by atoms with E-state index >= 15 is 0 Å².